The van der Waals surface area contributed by atoms with Gasteiger partial charge in [-0.1, -0.05) is 19.4 Å². The van der Waals surface area contributed by atoms with Crippen LogP contribution in [0.4, 0.5) is 0 Å². The highest BCUT2D eigenvalue weighted by atomic mass is 35.5. The van der Waals surface area contributed by atoms with Crippen molar-refractivity contribution in [3.8, 4) is 22.8 Å². The van der Waals surface area contributed by atoms with Gasteiger partial charge < -0.3 is 9.47 Å². The average molecular weight is 306 g/mol. The van der Waals surface area contributed by atoms with Gasteiger partial charge in [0.2, 0.25) is 0 Å². The first-order valence-electron chi connectivity index (χ1n) is 7.00. The molecule has 0 amide bonds. The van der Waals surface area contributed by atoms with E-state index in [-0.39, 0.29) is 0 Å². The van der Waals surface area contributed by atoms with Crippen LogP contribution in [0.5, 0.6) is 11.5 Å². The van der Waals surface area contributed by atoms with E-state index < -0.39 is 0 Å². The average Bonchev–Trinajstić information content (AvgIpc) is 2.54. The molecule has 0 fully saturated rings. The van der Waals surface area contributed by atoms with Gasteiger partial charge in [-0.05, 0) is 35.7 Å². The Kier molecular flexibility index (Phi) is 5.45. The number of halogens is 1. The Morgan fingerprint density at radius 1 is 1.14 bits per heavy atom. The first-order valence-corrected chi connectivity index (χ1v) is 7.53. The fraction of sp³-hybridized carbons (Fsp3) is 0.353. The number of rotatable bonds is 6. The highest BCUT2D eigenvalue weighted by molar-refractivity contribution is 6.17. The fourth-order valence-electron chi connectivity index (χ4n) is 2.44. The molecule has 0 saturated heterocycles. The third-order valence-corrected chi connectivity index (χ3v) is 3.67. The Morgan fingerprint density at radius 3 is 2.57 bits per heavy atom. The van der Waals surface area contributed by atoms with E-state index in [9.17, 15) is 0 Å². The van der Waals surface area contributed by atoms with Crippen molar-refractivity contribution < 1.29 is 9.47 Å². The molecule has 0 aliphatic heterocycles. The molecule has 4 heteroatoms. The number of aryl methyl sites for hydroxylation is 1. The topological polar surface area (TPSA) is 31.4 Å². The number of alkyl halides is 1. The third-order valence-electron chi connectivity index (χ3n) is 3.38. The molecule has 21 heavy (non-hydrogen) atoms. The summed E-state index contributed by atoms with van der Waals surface area (Å²) < 4.78 is 11.0. The fourth-order valence-corrected chi connectivity index (χ4v) is 2.66. The first-order chi connectivity index (χ1) is 10.2. The van der Waals surface area contributed by atoms with Gasteiger partial charge in [0.25, 0.3) is 0 Å². The van der Waals surface area contributed by atoms with Crippen LogP contribution in [0.1, 0.15) is 24.5 Å². The van der Waals surface area contributed by atoms with Crippen LogP contribution in [0.2, 0.25) is 0 Å². The third kappa shape index (κ3) is 3.30. The molecule has 1 aromatic heterocycles. The second kappa shape index (κ2) is 7.32. The molecular weight excluding hydrogens is 286 g/mol. The Bertz CT molecular complexity index is 614. The zero-order valence-electron chi connectivity index (χ0n) is 12.6. The number of ether oxygens (including phenoxy) is 2. The van der Waals surface area contributed by atoms with Gasteiger partial charge in [0.1, 0.15) is 0 Å². The molecule has 0 radical (unpaired) electrons. The summed E-state index contributed by atoms with van der Waals surface area (Å²) in [6.07, 6.45) is 3.74. The van der Waals surface area contributed by atoms with Crippen molar-refractivity contribution in [2.75, 3.05) is 14.2 Å². The lowest BCUT2D eigenvalue weighted by atomic mass is 10.00. The summed E-state index contributed by atoms with van der Waals surface area (Å²) in [5.41, 5.74) is 4.03. The van der Waals surface area contributed by atoms with Crippen LogP contribution in [0, 0.1) is 0 Å². The zero-order chi connectivity index (χ0) is 15.2. The maximum absolute atomic E-state index is 6.02. The molecule has 0 N–H and O–H groups in total. The van der Waals surface area contributed by atoms with Gasteiger partial charge in [-0.25, -0.2) is 0 Å². The van der Waals surface area contributed by atoms with Gasteiger partial charge in [0.15, 0.2) is 11.5 Å². The van der Waals surface area contributed by atoms with E-state index in [1.54, 1.807) is 20.4 Å². The molecule has 0 aliphatic rings. The quantitative estimate of drug-likeness (QED) is 0.739. The minimum absolute atomic E-state index is 0.431. The second-order valence-corrected chi connectivity index (χ2v) is 5.03. The number of nitrogens with zero attached hydrogens (tertiary/aromatic N) is 1. The van der Waals surface area contributed by atoms with Gasteiger partial charge >= 0.3 is 0 Å². The zero-order valence-corrected chi connectivity index (χ0v) is 13.4. The predicted octanol–water partition coefficient (Wildman–Crippen LogP) is 4.46. The molecule has 0 aliphatic carbocycles. The number of pyridine rings is 1. The van der Waals surface area contributed by atoms with Crippen LogP contribution in [0.25, 0.3) is 11.3 Å². The number of hydrogen-bond acceptors (Lipinski definition) is 3. The van der Waals surface area contributed by atoms with Gasteiger partial charge in [-0.3, -0.25) is 4.98 Å². The molecule has 3 nitrogen and oxygen atoms in total. The molecule has 1 aromatic carbocycles. The summed E-state index contributed by atoms with van der Waals surface area (Å²) in [5, 5.41) is 0. The number of benzene rings is 1. The maximum atomic E-state index is 6.02. The van der Waals surface area contributed by atoms with Gasteiger partial charge in [0, 0.05) is 17.6 Å². The highest BCUT2D eigenvalue weighted by Gasteiger charge is 2.15. The summed E-state index contributed by atoms with van der Waals surface area (Å²) in [4.78, 5) is 4.47. The molecule has 112 valence electrons. The smallest absolute Gasteiger partial charge is 0.163 e. The SMILES string of the molecule is CCCc1cc(-c2ncccc2CCl)cc(OC)c1OC. The molecule has 2 rings (SSSR count). The number of methoxy groups -OCH3 is 2. The van der Waals surface area contributed by atoms with E-state index in [4.69, 9.17) is 21.1 Å². The molecule has 1 heterocycles. The Labute approximate surface area is 130 Å². The van der Waals surface area contributed by atoms with E-state index in [0.29, 0.717) is 5.88 Å². The molecule has 0 bridgehead atoms. The Morgan fingerprint density at radius 2 is 1.95 bits per heavy atom. The molecule has 2 aromatic rings. The summed E-state index contributed by atoms with van der Waals surface area (Å²) in [6, 6.07) is 7.96. The largest absolute Gasteiger partial charge is 0.493 e. The van der Waals surface area contributed by atoms with Crippen molar-refractivity contribution in [1.82, 2.24) is 4.98 Å². The monoisotopic (exact) mass is 305 g/mol. The van der Waals surface area contributed by atoms with E-state index in [0.717, 1.165) is 46.7 Å². The predicted molar refractivity (Wildman–Crippen MR) is 86.3 cm³/mol. The molecule has 0 saturated carbocycles. The molecule has 0 spiro atoms. The molecular formula is C17H20ClNO2. The number of aromatic nitrogens is 1. The van der Waals surface area contributed by atoms with Crippen LogP contribution in [0.15, 0.2) is 30.5 Å². The van der Waals surface area contributed by atoms with Crippen LogP contribution < -0.4 is 9.47 Å². The van der Waals surface area contributed by atoms with E-state index in [1.807, 2.05) is 18.2 Å². The van der Waals surface area contributed by atoms with E-state index in [1.165, 1.54) is 0 Å². The van der Waals surface area contributed by atoms with Crippen LogP contribution in [-0.4, -0.2) is 19.2 Å². The second-order valence-electron chi connectivity index (χ2n) is 4.77. The minimum Gasteiger partial charge on any atom is -0.493 e. The van der Waals surface area contributed by atoms with Crippen molar-refractivity contribution in [3.63, 3.8) is 0 Å². The summed E-state index contributed by atoms with van der Waals surface area (Å²) in [6.45, 7) is 2.14. The van der Waals surface area contributed by atoms with Crippen LogP contribution in [-0.2, 0) is 12.3 Å². The summed E-state index contributed by atoms with van der Waals surface area (Å²) in [5.74, 6) is 1.96. The normalized spacial score (nSPS) is 10.5. The Balaban J connectivity index is 2.61. The van der Waals surface area contributed by atoms with Crippen molar-refractivity contribution in [3.05, 3.63) is 41.6 Å². The van der Waals surface area contributed by atoms with Crippen LogP contribution in [0.3, 0.4) is 0 Å². The van der Waals surface area contributed by atoms with Crippen molar-refractivity contribution in [1.29, 1.82) is 0 Å². The lowest BCUT2D eigenvalue weighted by Crippen LogP contribution is -1.99. The lowest BCUT2D eigenvalue weighted by Gasteiger charge is -2.15. The first kappa shape index (κ1) is 15.6. The summed E-state index contributed by atoms with van der Waals surface area (Å²) in [7, 11) is 3.32. The van der Waals surface area contributed by atoms with Crippen molar-refractivity contribution in [2.24, 2.45) is 0 Å². The van der Waals surface area contributed by atoms with Gasteiger partial charge in [0.05, 0.1) is 19.9 Å². The van der Waals surface area contributed by atoms with E-state index >= 15 is 0 Å². The molecule has 0 atom stereocenters. The lowest BCUT2D eigenvalue weighted by molar-refractivity contribution is 0.351. The van der Waals surface area contributed by atoms with Crippen molar-refractivity contribution in [2.45, 2.75) is 25.6 Å². The number of hydrogen-bond donors (Lipinski definition) is 0. The van der Waals surface area contributed by atoms with Crippen LogP contribution >= 0.6 is 11.6 Å². The standard InChI is InChI=1S/C17H20ClNO2/c1-4-6-12-9-14(10-15(20-2)17(12)21-3)16-13(11-18)7-5-8-19-16/h5,7-10H,4,6,11H2,1-3H3. The van der Waals surface area contributed by atoms with E-state index in [2.05, 4.69) is 18.0 Å². The maximum Gasteiger partial charge on any atom is 0.163 e. The molecule has 0 unspecified atom stereocenters. The summed E-state index contributed by atoms with van der Waals surface area (Å²) >= 11 is 6.02. The van der Waals surface area contributed by atoms with Crippen molar-refractivity contribution >= 4 is 11.6 Å². The Hall–Kier alpha value is -1.74. The highest BCUT2D eigenvalue weighted by Crippen LogP contribution is 2.37. The van der Waals surface area contributed by atoms with Gasteiger partial charge in [-0.2, -0.15) is 0 Å². The van der Waals surface area contributed by atoms with Gasteiger partial charge in [-0.15, -0.1) is 11.6 Å². The minimum atomic E-state index is 0.431.